The zero-order chi connectivity index (χ0) is 12.5. The first-order valence-electron chi connectivity index (χ1n) is 5.98. The Balaban J connectivity index is 2.10. The zero-order valence-electron chi connectivity index (χ0n) is 10.4. The highest BCUT2D eigenvalue weighted by Crippen LogP contribution is 2.27. The van der Waals surface area contributed by atoms with E-state index in [4.69, 9.17) is 11.6 Å². The largest absolute Gasteiger partial charge is 0.298 e. The van der Waals surface area contributed by atoms with E-state index in [1.54, 1.807) is 0 Å². The Kier molecular flexibility index (Phi) is 3.55. The Morgan fingerprint density at radius 1 is 1.29 bits per heavy atom. The maximum atomic E-state index is 11.5. The molecule has 0 unspecified atom stereocenters. The summed E-state index contributed by atoms with van der Waals surface area (Å²) in [6.07, 6.45) is 1.66. The van der Waals surface area contributed by atoms with E-state index >= 15 is 0 Å². The molecule has 1 aromatic carbocycles. The molecule has 17 heavy (non-hydrogen) atoms. The van der Waals surface area contributed by atoms with E-state index in [0.717, 1.165) is 18.0 Å². The average Bonchev–Trinajstić information content (AvgIpc) is 2.27. The third-order valence-corrected chi connectivity index (χ3v) is 3.78. The van der Waals surface area contributed by atoms with Crippen LogP contribution in [0.3, 0.4) is 0 Å². The highest BCUT2D eigenvalue weighted by atomic mass is 35.5. The lowest BCUT2D eigenvalue weighted by Crippen LogP contribution is -2.50. The normalized spacial score (nSPS) is 20.5. The standard InChI is InChI=1S/C14H18ClNO/c1-14(2)8-7-13(17)10-16(14)9-11-3-5-12(15)6-4-11/h3-6H,7-10H2,1-2H3. The molecule has 0 atom stereocenters. The van der Waals surface area contributed by atoms with Crippen LogP contribution in [-0.4, -0.2) is 22.8 Å². The molecule has 0 N–H and O–H groups in total. The number of halogens is 1. The van der Waals surface area contributed by atoms with Gasteiger partial charge in [0.05, 0.1) is 6.54 Å². The molecule has 2 nitrogen and oxygen atoms in total. The predicted octanol–water partition coefficient (Wildman–Crippen LogP) is 3.28. The molecule has 0 saturated carbocycles. The molecule has 1 saturated heterocycles. The summed E-state index contributed by atoms with van der Waals surface area (Å²) >= 11 is 5.87. The molecule has 0 aromatic heterocycles. The van der Waals surface area contributed by atoms with Crippen LogP contribution in [0.5, 0.6) is 0 Å². The summed E-state index contributed by atoms with van der Waals surface area (Å²) in [6.45, 7) is 5.79. The third kappa shape index (κ3) is 3.08. The molecule has 0 spiro atoms. The van der Waals surface area contributed by atoms with Crippen LogP contribution in [0.15, 0.2) is 24.3 Å². The van der Waals surface area contributed by atoms with Crippen LogP contribution in [0.2, 0.25) is 5.02 Å². The lowest BCUT2D eigenvalue weighted by atomic mass is 9.89. The topological polar surface area (TPSA) is 20.3 Å². The van der Waals surface area contributed by atoms with Crippen LogP contribution < -0.4 is 0 Å². The highest BCUT2D eigenvalue weighted by Gasteiger charge is 2.32. The summed E-state index contributed by atoms with van der Waals surface area (Å²) in [6, 6.07) is 7.85. The fourth-order valence-corrected chi connectivity index (χ4v) is 2.32. The smallest absolute Gasteiger partial charge is 0.146 e. The number of rotatable bonds is 2. The molecule has 1 aliphatic heterocycles. The van der Waals surface area contributed by atoms with E-state index < -0.39 is 0 Å². The number of carbonyl (C=O) groups excluding carboxylic acids is 1. The highest BCUT2D eigenvalue weighted by molar-refractivity contribution is 6.30. The Labute approximate surface area is 108 Å². The summed E-state index contributed by atoms with van der Waals surface area (Å²) in [7, 11) is 0. The minimum absolute atomic E-state index is 0.105. The van der Waals surface area contributed by atoms with Crippen molar-refractivity contribution in [3.63, 3.8) is 0 Å². The first-order chi connectivity index (χ1) is 7.97. The number of benzene rings is 1. The molecule has 1 aromatic rings. The van der Waals surface area contributed by atoms with Crippen molar-refractivity contribution >= 4 is 17.4 Å². The summed E-state index contributed by atoms with van der Waals surface area (Å²) in [5.74, 6) is 0.346. The molecule has 92 valence electrons. The third-order valence-electron chi connectivity index (χ3n) is 3.53. The Morgan fingerprint density at radius 3 is 2.59 bits per heavy atom. The van der Waals surface area contributed by atoms with E-state index in [0.29, 0.717) is 18.7 Å². The summed E-state index contributed by atoms with van der Waals surface area (Å²) in [5.41, 5.74) is 1.31. The van der Waals surface area contributed by atoms with Gasteiger partial charge in [0.25, 0.3) is 0 Å². The second-order valence-electron chi connectivity index (χ2n) is 5.33. The van der Waals surface area contributed by atoms with Crippen molar-refractivity contribution in [3.8, 4) is 0 Å². The molecule has 1 aliphatic rings. The van der Waals surface area contributed by atoms with Crippen molar-refractivity contribution in [1.82, 2.24) is 4.90 Å². The van der Waals surface area contributed by atoms with Crippen LogP contribution in [0.25, 0.3) is 0 Å². The zero-order valence-corrected chi connectivity index (χ0v) is 11.1. The van der Waals surface area contributed by atoms with Gasteiger partial charge in [-0.2, -0.15) is 0 Å². The molecule has 0 aliphatic carbocycles. The number of nitrogens with zero attached hydrogens (tertiary/aromatic N) is 1. The van der Waals surface area contributed by atoms with Gasteiger partial charge in [0, 0.05) is 23.5 Å². The molecule has 2 rings (SSSR count). The van der Waals surface area contributed by atoms with Gasteiger partial charge in [-0.25, -0.2) is 0 Å². The molecule has 0 bridgehead atoms. The number of ketones is 1. The second kappa shape index (κ2) is 4.79. The summed E-state index contributed by atoms with van der Waals surface area (Å²) in [4.78, 5) is 13.8. The van der Waals surface area contributed by atoms with Gasteiger partial charge in [0.2, 0.25) is 0 Å². The lowest BCUT2D eigenvalue weighted by molar-refractivity contribution is -0.126. The molecule has 0 amide bonds. The number of hydrogen-bond acceptors (Lipinski definition) is 2. The van der Waals surface area contributed by atoms with Gasteiger partial charge >= 0.3 is 0 Å². The lowest BCUT2D eigenvalue weighted by Gasteiger charge is -2.41. The van der Waals surface area contributed by atoms with Crippen molar-refractivity contribution in [2.24, 2.45) is 0 Å². The van der Waals surface area contributed by atoms with E-state index in [1.165, 1.54) is 5.56 Å². The van der Waals surface area contributed by atoms with E-state index in [1.807, 2.05) is 24.3 Å². The maximum Gasteiger partial charge on any atom is 0.146 e. The van der Waals surface area contributed by atoms with Crippen molar-refractivity contribution in [2.75, 3.05) is 6.54 Å². The molecule has 1 fully saturated rings. The number of likely N-dealkylation sites (tertiary alicyclic amines) is 1. The van der Waals surface area contributed by atoms with Crippen molar-refractivity contribution in [1.29, 1.82) is 0 Å². The van der Waals surface area contributed by atoms with Crippen LogP contribution in [0.1, 0.15) is 32.3 Å². The quantitative estimate of drug-likeness (QED) is 0.804. The van der Waals surface area contributed by atoms with Gasteiger partial charge in [0.15, 0.2) is 0 Å². The Morgan fingerprint density at radius 2 is 1.94 bits per heavy atom. The van der Waals surface area contributed by atoms with Gasteiger partial charge in [0.1, 0.15) is 5.78 Å². The van der Waals surface area contributed by atoms with Gasteiger partial charge < -0.3 is 0 Å². The van der Waals surface area contributed by atoms with E-state index in [2.05, 4.69) is 18.7 Å². The number of carbonyl (C=O) groups is 1. The monoisotopic (exact) mass is 251 g/mol. The molecule has 1 heterocycles. The summed E-state index contributed by atoms with van der Waals surface area (Å²) < 4.78 is 0. The van der Waals surface area contributed by atoms with Crippen molar-refractivity contribution in [3.05, 3.63) is 34.9 Å². The van der Waals surface area contributed by atoms with Gasteiger partial charge in [-0.15, -0.1) is 0 Å². The number of piperidine rings is 1. The molecule has 0 radical (unpaired) electrons. The van der Waals surface area contributed by atoms with E-state index in [-0.39, 0.29) is 5.54 Å². The van der Waals surface area contributed by atoms with Gasteiger partial charge in [-0.05, 0) is 38.0 Å². The minimum Gasteiger partial charge on any atom is -0.298 e. The average molecular weight is 252 g/mol. The SMILES string of the molecule is CC1(C)CCC(=O)CN1Cc1ccc(Cl)cc1. The molecule has 3 heteroatoms. The maximum absolute atomic E-state index is 11.5. The number of hydrogen-bond donors (Lipinski definition) is 0. The van der Waals surface area contributed by atoms with Crippen LogP contribution in [0, 0.1) is 0 Å². The fraction of sp³-hybridized carbons (Fsp3) is 0.500. The van der Waals surface area contributed by atoms with Crippen molar-refractivity contribution < 1.29 is 4.79 Å². The van der Waals surface area contributed by atoms with Crippen molar-refractivity contribution in [2.45, 2.75) is 38.8 Å². The summed E-state index contributed by atoms with van der Waals surface area (Å²) in [5, 5.41) is 0.753. The number of Topliss-reactive ketones (excluding diaryl/α,β-unsaturated/α-hetero) is 1. The molecular formula is C14H18ClNO. The minimum atomic E-state index is 0.105. The Bertz CT molecular complexity index is 411. The molecular weight excluding hydrogens is 234 g/mol. The van der Waals surface area contributed by atoms with Crippen LogP contribution >= 0.6 is 11.6 Å². The van der Waals surface area contributed by atoms with E-state index in [9.17, 15) is 4.79 Å². The predicted molar refractivity (Wildman–Crippen MR) is 70.2 cm³/mol. The Hall–Kier alpha value is -0.860. The first kappa shape index (κ1) is 12.6. The second-order valence-corrected chi connectivity index (χ2v) is 5.77. The van der Waals surface area contributed by atoms with Gasteiger partial charge in [-0.1, -0.05) is 23.7 Å². The first-order valence-corrected chi connectivity index (χ1v) is 6.36. The van der Waals surface area contributed by atoms with Crippen LogP contribution in [0.4, 0.5) is 0 Å². The van der Waals surface area contributed by atoms with Crippen LogP contribution in [-0.2, 0) is 11.3 Å². The fourth-order valence-electron chi connectivity index (χ4n) is 2.19. The van der Waals surface area contributed by atoms with Gasteiger partial charge in [-0.3, -0.25) is 9.69 Å².